The van der Waals surface area contributed by atoms with Gasteiger partial charge >= 0.3 is 0 Å². The molecule has 0 bridgehead atoms. The average Bonchev–Trinajstić information content (AvgIpc) is 2.91. The number of nitrogens with zero attached hydrogens (tertiary/aromatic N) is 3. The third-order valence-corrected chi connectivity index (χ3v) is 4.18. The molecule has 3 aromatic rings. The van der Waals surface area contributed by atoms with E-state index in [2.05, 4.69) is 25.7 Å². The lowest BCUT2D eigenvalue weighted by atomic mass is 10.2. The second-order valence-corrected chi connectivity index (χ2v) is 6.44. The number of ether oxygens (including phenoxy) is 1. The number of carbonyl (C=O) groups is 2. The second-order valence-electron chi connectivity index (χ2n) is 6.06. The third kappa shape index (κ3) is 4.43. The minimum absolute atomic E-state index is 0.0173. The Balaban J connectivity index is 1.73. The number of halogens is 1. The van der Waals surface area contributed by atoms with Crippen molar-refractivity contribution in [1.29, 1.82) is 0 Å². The monoisotopic (exact) mass is 416 g/mol. The molecule has 150 valence electrons. The van der Waals surface area contributed by atoms with Crippen LogP contribution in [0.4, 0.5) is 11.6 Å². The summed E-state index contributed by atoms with van der Waals surface area (Å²) in [5, 5.41) is 7.96. The lowest BCUT2D eigenvalue weighted by Crippen LogP contribution is -2.23. The van der Waals surface area contributed by atoms with Crippen LogP contribution < -0.4 is 20.9 Å². The van der Waals surface area contributed by atoms with E-state index in [1.807, 2.05) is 0 Å². The summed E-state index contributed by atoms with van der Waals surface area (Å²) in [5.74, 6) is 0.157. The molecule has 0 aliphatic heterocycles. The Morgan fingerprint density at radius 2 is 1.97 bits per heavy atom. The number of hydrogen-bond acceptors (Lipinski definition) is 6. The molecule has 0 spiro atoms. The highest BCUT2D eigenvalue weighted by atomic mass is 35.5. The number of aromatic nitrogens is 4. The first kappa shape index (κ1) is 20.1. The van der Waals surface area contributed by atoms with E-state index in [-0.39, 0.29) is 33.9 Å². The number of aryl methyl sites for hydroxylation is 2. The van der Waals surface area contributed by atoms with Crippen LogP contribution in [0.25, 0.3) is 0 Å². The number of nitrogens with one attached hydrogen (secondary N) is 3. The van der Waals surface area contributed by atoms with Crippen molar-refractivity contribution in [3.05, 3.63) is 57.2 Å². The largest absolute Gasteiger partial charge is 0.454 e. The van der Waals surface area contributed by atoms with Crippen molar-refractivity contribution in [1.82, 2.24) is 19.7 Å². The molecule has 29 heavy (non-hydrogen) atoms. The van der Waals surface area contributed by atoms with Gasteiger partial charge in [0.25, 0.3) is 11.5 Å². The van der Waals surface area contributed by atoms with Crippen molar-refractivity contribution in [3.8, 4) is 11.5 Å². The zero-order chi connectivity index (χ0) is 21.1. The maximum atomic E-state index is 12.3. The van der Waals surface area contributed by atoms with Crippen molar-refractivity contribution in [2.45, 2.75) is 13.8 Å². The quantitative estimate of drug-likeness (QED) is 0.585. The van der Waals surface area contributed by atoms with Crippen molar-refractivity contribution in [2.24, 2.45) is 7.05 Å². The highest BCUT2D eigenvalue weighted by Gasteiger charge is 2.18. The van der Waals surface area contributed by atoms with Gasteiger partial charge in [-0.05, 0) is 19.1 Å². The number of amides is 2. The molecule has 3 aromatic heterocycles. The molecule has 0 aromatic carbocycles. The van der Waals surface area contributed by atoms with Crippen molar-refractivity contribution in [2.75, 3.05) is 10.6 Å². The molecule has 0 atom stereocenters. The van der Waals surface area contributed by atoms with E-state index in [9.17, 15) is 14.4 Å². The molecule has 0 saturated heterocycles. The number of aromatic amines is 1. The summed E-state index contributed by atoms with van der Waals surface area (Å²) in [6.07, 6.45) is 2.82. The Bertz CT molecular complexity index is 1140. The van der Waals surface area contributed by atoms with E-state index in [1.54, 1.807) is 13.0 Å². The van der Waals surface area contributed by atoms with E-state index in [4.69, 9.17) is 16.3 Å². The van der Waals surface area contributed by atoms with Gasteiger partial charge in [-0.15, -0.1) is 0 Å². The number of pyridine rings is 2. The molecule has 11 heteroatoms. The minimum atomic E-state index is -0.567. The van der Waals surface area contributed by atoms with Crippen molar-refractivity contribution < 1.29 is 14.3 Å². The van der Waals surface area contributed by atoms with Gasteiger partial charge in [0.1, 0.15) is 22.2 Å². The number of hydrogen-bond donors (Lipinski definition) is 3. The van der Waals surface area contributed by atoms with Crippen LogP contribution in [0.2, 0.25) is 5.02 Å². The summed E-state index contributed by atoms with van der Waals surface area (Å²) in [7, 11) is 1.53. The Labute approximate surface area is 169 Å². The van der Waals surface area contributed by atoms with Gasteiger partial charge in [0.2, 0.25) is 5.91 Å². The van der Waals surface area contributed by atoms with Gasteiger partial charge in [-0.3, -0.25) is 24.2 Å². The molecule has 2 amide bonds. The van der Waals surface area contributed by atoms with Crippen LogP contribution in [-0.4, -0.2) is 31.6 Å². The number of anilines is 2. The van der Waals surface area contributed by atoms with Gasteiger partial charge in [-0.1, -0.05) is 11.6 Å². The molecule has 0 fully saturated rings. The summed E-state index contributed by atoms with van der Waals surface area (Å²) in [6.45, 7) is 2.97. The molecule has 3 N–H and O–H groups in total. The Kier molecular flexibility index (Phi) is 5.64. The predicted molar refractivity (Wildman–Crippen MR) is 107 cm³/mol. The van der Waals surface area contributed by atoms with Crippen LogP contribution in [0.5, 0.6) is 11.5 Å². The zero-order valence-electron chi connectivity index (χ0n) is 15.7. The van der Waals surface area contributed by atoms with E-state index in [0.717, 1.165) is 0 Å². The molecular weight excluding hydrogens is 400 g/mol. The summed E-state index contributed by atoms with van der Waals surface area (Å²) in [4.78, 5) is 43.6. The lowest BCUT2D eigenvalue weighted by Gasteiger charge is -2.10. The van der Waals surface area contributed by atoms with Crippen molar-refractivity contribution >= 4 is 35.1 Å². The van der Waals surface area contributed by atoms with Gasteiger partial charge in [0.05, 0.1) is 6.20 Å². The Morgan fingerprint density at radius 1 is 1.21 bits per heavy atom. The molecular formula is C18H17ClN6O4. The number of H-pyrrole nitrogens is 1. The number of carbonyl (C=O) groups excluding carboxylic acids is 2. The van der Waals surface area contributed by atoms with Crippen LogP contribution in [0.1, 0.15) is 23.0 Å². The van der Waals surface area contributed by atoms with E-state index in [1.165, 1.54) is 43.2 Å². The van der Waals surface area contributed by atoms with Gasteiger partial charge in [-0.2, -0.15) is 0 Å². The van der Waals surface area contributed by atoms with Crippen LogP contribution in [-0.2, 0) is 11.8 Å². The van der Waals surface area contributed by atoms with Gasteiger partial charge in [0.15, 0.2) is 11.6 Å². The highest BCUT2D eigenvalue weighted by molar-refractivity contribution is 6.34. The number of rotatable bonds is 5. The maximum absolute atomic E-state index is 12.3. The smallest absolute Gasteiger partial charge is 0.279 e. The zero-order valence-corrected chi connectivity index (χ0v) is 16.5. The molecule has 3 heterocycles. The summed E-state index contributed by atoms with van der Waals surface area (Å²) >= 11 is 6.19. The van der Waals surface area contributed by atoms with Crippen LogP contribution >= 0.6 is 11.6 Å². The molecule has 0 saturated carbocycles. The molecule has 0 unspecified atom stereocenters. The van der Waals surface area contributed by atoms with E-state index < -0.39 is 11.5 Å². The van der Waals surface area contributed by atoms with Crippen LogP contribution in [0, 0.1) is 6.92 Å². The first-order valence-electron chi connectivity index (χ1n) is 8.39. The minimum Gasteiger partial charge on any atom is -0.454 e. The molecule has 10 nitrogen and oxygen atoms in total. The fraction of sp³-hybridized carbons (Fsp3) is 0.167. The standard InChI is InChI=1S/C18H17ClN6O4/c1-9-14(18(28)25(3)24-9)17(27)23-13-5-4-11(8-21-13)29-12-6-7-20-16(15(12)19)22-10(2)26/h4-8,24H,1-3H3,(H,20,22,26)(H,21,23,27). The molecule has 0 aliphatic carbocycles. The summed E-state index contributed by atoms with van der Waals surface area (Å²) in [5.41, 5.74) is 0.0446. The van der Waals surface area contributed by atoms with Gasteiger partial charge in [0, 0.05) is 31.9 Å². The fourth-order valence-corrected chi connectivity index (χ4v) is 2.73. The van der Waals surface area contributed by atoms with Crippen LogP contribution in [0.15, 0.2) is 35.4 Å². The third-order valence-electron chi connectivity index (χ3n) is 3.81. The van der Waals surface area contributed by atoms with Crippen LogP contribution in [0.3, 0.4) is 0 Å². The first-order valence-corrected chi connectivity index (χ1v) is 8.77. The predicted octanol–water partition coefficient (Wildman–Crippen LogP) is 2.47. The van der Waals surface area contributed by atoms with Crippen molar-refractivity contribution in [3.63, 3.8) is 0 Å². The molecule has 3 rings (SSSR count). The Hall–Kier alpha value is -3.66. The molecule has 0 aliphatic rings. The molecule has 0 radical (unpaired) electrons. The first-order chi connectivity index (χ1) is 13.8. The Morgan fingerprint density at radius 3 is 2.55 bits per heavy atom. The van der Waals surface area contributed by atoms with Gasteiger partial charge in [-0.25, -0.2) is 9.97 Å². The van der Waals surface area contributed by atoms with Gasteiger partial charge < -0.3 is 15.4 Å². The highest BCUT2D eigenvalue weighted by Crippen LogP contribution is 2.33. The average molecular weight is 417 g/mol. The van der Waals surface area contributed by atoms with E-state index >= 15 is 0 Å². The fourth-order valence-electron chi connectivity index (χ4n) is 2.53. The summed E-state index contributed by atoms with van der Waals surface area (Å²) in [6, 6.07) is 4.62. The topological polar surface area (TPSA) is 131 Å². The normalized spacial score (nSPS) is 10.5. The SMILES string of the molecule is CC(=O)Nc1nccc(Oc2ccc(NC(=O)c3c(C)[nH]n(C)c3=O)nc2)c1Cl. The maximum Gasteiger partial charge on any atom is 0.279 e. The second kappa shape index (κ2) is 8.15. The summed E-state index contributed by atoms with van der Waals surface area (Å²) < 4.78 is 6.89. The lowest BCUT2D eigenvalue weighted by molar-refractivity contribution is -0.114. The van der Waals surface area contributed by atoms with E-state index in [0.29, 0.717) is 11.4 Å².